The van der Waals surface area contributed by atoms with Gasteiger partial charge < -0.3 is 8.83 Å². The van der Waals surface area contributed by atoms with Crippen molar-refractivity contribution in [2.24, 2.45) is 0 Å². The second-order valence-corrected chi connectivity index (χ2v) is 5.17. The summed E-state index contributed by atoms with van der Waals surface area (Å²) < 4.78 is 12.8. The molecule has 2 heterocycles. The first kappa shape index (κ1) is 11.9. The molecule has 0 N–H and O–H groups in total. The fourth-order valence-electron chi connectivity index (χ4n) is 1.79. The topological polar surface area (TPSA) is 46.4 Å². The van der Waals surface area contributed by atoms with Crippen LogP contribution in [0.1, 0.15) is 0 Å². The number of hydrogen-bond acceptors (Lipinski definition) is 4. The molecule has 0 amide bonds. The van der Waals surface area contributed by atoms with Gasteiger partial charge in [-0.3, -0.25) is 0 Å². The summed E-state index contributed by atoms with van der Waals surface area (Å²) >= 11 is 1.45. The quantitative estimate of drug-likeness (QED) is 0.504. The Morgan fingerprint density at radius 3 is 2.68 bits per heavy atom. The fraction of sp³-hybridized carbons (Fsp3) is 0.143. The maximum atomic E-state index is 12.0. The molecule has 0 bridgehead atoms. The molecule has 0 atom stereocenters. The van der Waals surface area contributed by atoms with Gasteiger partial charge in [-0.25, -0.2) is 4.79 Å². The highest BCUT2D eigenvalue weighted by molar-refractivity contribution is 7.07. The first-order chi connectivity index (χ1) is 9.15. The van der Waals surface area contributed by atoms with Crippen LogP contribution in [0, 0.1) is 0 Å². The van der Waals surface area contributed by atoms with Crippen LogP contribution in [0.5, 0.6) is 0 Å². The smallest absolute Gasteiger partial charge is 0.422 e. The highest BCUT2D eigenvalue weighted by Crippen LogP contribution is 2.20. The van der Waals surface area contributed by atoms with Gasteiger partial charge in [0.15, 0.2) is 5.76 Å². The standard InChI is InChI=1S/C14H12NO3S/c1-15(2)14-18-12(8-19-14)10-7-9-5-3-4-6-11(9)17-13(10)16/h3-8H,1-2H3/q+1. The third-order valence-corrected chi connectivity index (χ3v) is 3.72. The Bertz CT molecular complexity index is 866. The van der Waals surface area contributed by atoms with Crippen LogP contribution < -0.4 is 15.1 Å². The maximum Gasteiger partial charge on any atom is 0.429 e. The van der Waals surface area contributed by atoms with E-state index in [1.807, 2.05) is 42.3 Å². The van der Waals surface area contributed by atoms with Crippen LogP contribution in [0.25, 0.3) is 22.3 Å². The molecule has 2 aromatic heterocycles. The van der Waals surface area contributed by atoms with E-state index in [0.29, 0.717) is 16.9 Å². The Kier molecular flexibility index (Phi) is 2.83. The molecule has 0 aliphatic carbocycles. The van der Waals surface area contributed by atoms with E-state index in [2.05, 4.69) is 0 Å². The number of rotatable bonds is 1. The molecule has 0 aliphatic rings. The molecule has 3 aromatic rings. The summed E-state index contributed by atoms with van der Waals surface area (Å²) in [5, 5.41) is 2.70. The largest absolute Gasteiger partial charge is 0.429 e. The summed E-state index contributed by atoms with van der Waals surface area (Å²) in [4.78, 5) is 12.7. The van der Waals surface area contributed by atoms with Gasteiger partial charge in [0.05, 0.1) is 0 Å². The van der Waals surface area contributed by atoms with Gasteiger partial charge in [0.2, 0.25) is 0 Å². The lowest BCUT2D eigenvalue weighted by molar-refractivity contribution is 0.490. The molecule has 0 saturated carbocycles. The van der Waals surface area contributed by atoms with Crippen molar-refractivity contribution in [2.45, 2.75) is 0 Å². The van der Waals surface area contributed by atoms with E-state index in [0.717, 1.165) is 10.3 Å². The molecule has 0 unspecified atom stereocenters. The second-order valence-electron chi connectivity index (χ2n) is 4.35. The zero-order valence-corrected chi connectivity index (χ0v) is 11.4. The minimum Gasteiger partial charge on any atom is -0.422 e. The van der Waals surface area contributed by atoms with Crippen molar-refractivity contribution in [3.8, 4) is 11.3 Å². The zero-order valence-electron chi connectivity index (χ0n) is 10.5. The van der Waals surface area contributed by atoms with Crippen LogP contribution in [0.2, 0.25) is 0 Å². The van der Waals surface area contributed by atoms with Crippen molar-refractivity contribution in [3.05, 3.63) is 51.0 Å². The molecule has 0 saturated heterocycles. The molecular weight excluding hydrogens is 262 g/mol. The van der Waals surface area contributed by atoms with E-state index in [1.54, 1.807) is 12.1 Å². The van der Waals surface area contributed by atoms with E-state index in [4.69, 9.17) is 8.83 Å². The van der Waals surface area contributed by atoms with Crippen LogP contribution in [0.3, 0.4) is 0 Å². The van der Waals surface area contributed by atoms with Crippen molar-refractivity contribution < 1.29 is 8.83 Å². The van der Waals surface area contributed by atoms with Crippen molar-refractivity contribution in [1.82, 2.24) is 4.58 Å². The molecule has 0 fully saturated rings. The second kappa shape index (κ2) is 4.51. The molecule has 19 heavy (non-hydrogen) atoms. The Morgan fingerprint density at radius 2 is 1.95 bits per heavy atom. The Morgan fingerprint density at radius 1 is 1.16 bits per heavy atom. The third-order valence-electron chi connectivity index (χ3n) is 2.74. The van der Waals surface area contributed by atoms with E-state index in [-0.39, 0.29) is 5.63 Å². The number of nitrogens with zero attached hydrogens (tertiary/aromatic N) is 1. The first-order valence-electron chi connectivity index (χ1n) is 5.77. The number of hydrogen-bond donors (Lipinski definition) is 0. The summed E-state index contributed by atoms with van der Waals surface area (Å²) in [5.74, 6) is 0.535. The predicted octanol–water partition coefficient (Wildman–Crippen LogP) is 2.15. The van der Waals surface area contributed by atoms with Crippen molar-refractivity contribution in [2.75, 3.05) is 14.1 Å². The Balaban J connectivity index is 2.27. The number of fused-ring (bicyclic) bond motifs is 1. The van der Waals surface area contributed by atoms with Crippen LogP contribution in [-0.4, -0.2) is 14.1 Å². The van der Waals surface area contributed by atoms with Crippen LogP contribution in [0.4, 0.5) is 0 Å². The van der Waals surface area contributed by atoms with Gasteiger partial charge in [-0.1, -0.05) is 18.2 Å². The molecule has 5 heteroatoms. The SMILES string of the molecule is C[N+](C)=c1oc(-c2cc3ccccc3oc2=O)cs1. The summed E-state index contributed by atoms with van der Waals surface area (Å²) in [5.41, 5.74) is 0.646. The summed E-state index contributed by atoms with van der Waals surface area (Å²) in [6.45, 7) is 0. The van der Waals surface area contributed by atoms with E-state index in [1.165, 1.54) is 11.3 Å². The first-order valence-corrected chi connectivity index (χ1v) is 6.65. The molecule has 0 aliphatic heterocycles. The minimum atomic E-state index is -0.384. The minimum absolute atomic E-state index is 0.384. The van der Waals surface area contributed by atoms with Crippen molar-refractivity contribution in [1.29, 1.82) is 0 Å². The highest BCUT2D eigenvalue weighted by Gasteiger charge is 2.12. The molecule has 4 nitrogen and oxygen atoms in total. The van der Waals surface area contributed by atoms with Crippen LogP contribution in [0.15, 0.2) is 49.3 Å². The fourth-order valence-corrected chi connectivity index (χ4v) is 2.53. The van der Waals surface area contributed by atoms with Gasteiger partial charge in [0.1, 0.15) is 25.2 Å². The van der Waals surface area contributed by atoms with E-state index in [9.17, 15) is 4.79 Å². The number of para-hydroxylation sites is 1. The van der Waals surface area contributed by atoms with Gasteiger partial charge in [-0.15, -0.1) is 0 Å². The lowest BCUT2D eigenvalue weighted by atomic mass is 10.1. The Hall–Kier alpha value is -2.14. The zero-order chi connectivity index (χ0) is 13.4. The molecular formula is C14H12NO3S+. The van der Waals surface area contributed by atoms with Gasteiger partial charge in [0, 0.05) is 10.8 Å². The van der Waals surface area contributed by atoms with Crippen molar-refractivity contribution >= 4 is 22.3 Å². The van der Waals surface area contributed by atoms with E-state index < -0.39 is 0 Å². The monoisotopic (exact) mass is 274 g/mol. The lowest BCUT2D eigenvalue weighted by Crippen LogP contribution is -2.16. The average molecular weight is 274 g/mol. The normalized spacial score (nSPS) is 10.8. The molecule has 0 radical (unpaired) electrons. The number of benzene rings is 1. The van der Waals surface area contributed by atoms with Gasteiger partial charge in [-0.2, -0.15) is 4.58 Å². The van der Waals surface area contributed by atoms with Crippen molar-refractivity contribution in [3.63, 3.8) is 0 Å². The summed E-state index contributed by atoms with van der Waals surface area (Å²) in [6.07, 6.45) is 0. The molecule has 96 valence electrons. The average Bonchev–Trinajstić information content (AvgIpc) is 2.87. The van der Waals surface area contributed by atoms with E-state index >= 15 is 0 Å². The third kappa shape index (κ3) is 2.13. The van der Waals surface area contributed by atoms with Crippen LogP contribution >= 0.6 is 11.3 Å². The summed E-state index contributed by atoms with van der Waals surface area (Å²) in [6, 6.07) is 9.22. The molecule has 0 spiro atoms. The lowest BCUT2D eigenvalue weighted by Gasteiger charge is -1.98. The van der Waals surface area contributed by atoms with Gasteiger partial charge in [-0.05, 0) is 23.5 Å². The van der Waals surface area contributed by atoms with Crippen LogP contribution in [-0.2, 0) is 0 Å². The molecule has 1 aromatic carbocycles. The summed E-state index contributed by atoms with van der Waals surface area (Å²) in [7, 11) is 3.78. The molecule has 3 rings (SSSR count). The predicted molar refractivity (Wildman–Crippen MR) is 75.2 cm³/mol. The van der Waals surface area contributed by atoms with Gasteiger partial charge in [0.25, 0.3) is 0 Å². The maximum absolute atomic E-state index is 12.0. The Labute approximate surface area is 112 Å². The van der Waals surface area contributed by atoms with Gasteiger partial charge >= 0.3 is 10.5 Å². The highest BCUT2D eigenvalue weighted by atomic mass is 32.1.